The summed E-state index contributed by atoms with van der Waals surface area (Å²) >= 11 is 0. The summed E-state index contributed by atoms with van der Waals surface area (Å²) in [5.74, 6) is -0.871. The molecular formula is C21H24N2O4. The number of ketones is 1. The van der Waals surface area contributed by atoms with Crippen molar-refractivity contribution in [3.05, 3.63) is 58.0 Å². The van der Waals surface area contributed by atoms with E-state index in [2.05, 4.69) is 16.9 Å². The van der Waals surface area contributed by atoms with Gasteiger partial charge >= 0.3 is 5.97 Å². The molecule has 0 radical (unpaired) electrons. The van der Waals surface area contributed by atoms with Gasteiger partial charge < -0.3 is 19.8 Å². The Balaban J connectivity index is 1.77. The molecule has 2 heterocycles. The van der Waals surface area contributed by atoms with Crippen LogP contribution in [0, 0.1) is 13.8 Å². The second-order valence-electron chi connectivity index (χ2n) is 6.73. The van der Waals surface area contributed by atoms with Gasteiger partial charge in [0.2, 0.25) is 5.78 Å². The highest BCUT2D eigenvalue weighted by atomic mass is 16.5. The van der Waals surface area contributed by atoms with Crippen LogP contribution in [0.1, 0.15) is 63.2 Å². The van der Waals surface area contributed by atoms with Gasteiger partial charge in [-0.05, 0) is 38.3 Å². The molecule has 142 valence electrons. The number of H-pyrrole nitrogens is 2. The van der Waals surface area contributed by atoms with Crippen molar-refractivity contribution in [1.29, 1.82) is 0 Å². The number of fused-ring (bicyclic) bond motifs is 1. The van der Waals surface area contributed by atoms with E-state index in [-0.39, 0.29) is 18.1 Å². The van der Waals surface area contributed by atoms with Crippen molar-refractivity contribution >= 4 is 22.7 Å². The molecule has 3 N–H and O–H groups in total. The van der Waals surface area contributed by atoms with Gasteiger partial charge in [-0.15, -0.1) is 0 Å². The molecule has 1 aromatic carbocycles. The van der Waals surface area contributed by atoms with E-state index in [4.69, 9.17) is 4.74 Å². The first-order valence-electron chi connectivity index (χ1n) is 9.01. The molecule has 0 amide bonds. The van der Waals surface area contributed by atoms with Crippen molar-refractivity contribution in [2.24, 2.45) is 0 Å². The van der Waals surface area contributed by atoms with Crippen LogP contribution in [0.25, 0.3) is 10.9 Å². The first kappa shape index (κ1) is 18.9. The number of benzene rings is 1. The standard InChI is InChI=1S/C21H24N2O4/c1-5-14-7-6-8-15-16(9-22-20(14)15)17(25)10-27-21(26)19-11(2)18(13(4)24)12(3)23-19/h6-9,13,22-24H,5,10H2,1-4H3/t13-/m0/s1. The molecule has 0 saturated carbocycles. The Morgan fingerprint density at radius 3 is 2.63 bits per heavy atom. The molecule has 3 aromatic rings. The molecular weight excluding hydrogens is 344 g/mol. The zero-order valence-corrected chi connectivity index (χ0v) is 16.0. The summed E-state index contributed by atoms with van der Waals surface area (Å²) in [5.41, 5.74) is 4.88. The number of Topliss-reactive ketones (excluding diaryl/α,β-unsaturated/α-hetero) is 1. The summed E-state index contributed by atoms with van der Waals surface area (Å²) in [5, 5.41) is 10.7. The summed E-state index contributed by atoms with van der Waals surface area (Å²) in [6.45, 7) is 6.89. The highest BCUT2D eigenvalue weighted by Crippen LogP contribution is 2.25. The fraction of sp³-hybridized carbons (Fsp3) is 0.333. The number of aromatic nitrogens is 2. The summed E-state index contributed by atoms with van der Waals surface area (Å²) in [4.78, 5) is 31.1. The van der Waals surface area contributed by atoms with Gasteiger partial charge in [-0.2, -0.15) is 0 Å². The Morgan fingerprint density at radius 2 is 2.00 bits per heavy atom. The van der Waals surface area contributed by atoms with Crippen LogP contribution in [0.2, 0.25) is 0 Å². The normalized spacial score (nSPS) is 12.3. The molecule has 27 heavy (non-hydrogen) atoms. The van der Waals surface area contributed by atoms with Crippen molar-refractivity contribution in [2.75, 3.05) is 6.61 Å². The van der Waals surface area contributed by atoms with Crippen molar-refractivity contribution in [3.8, 4) is 0 Å². The van der Waals surface area contributed by atoms with E-state index in [0.717, 1.165) is 22.9 Å². The maximum Gasteiger partial charge on any atom is 0.355 e. The highest BCUT2D eigenvalue weighted by molar-refractivity contribution is 6.09. The van der Waals surface area contributed by atoms with Crippen molar-refractivity contribution < 1.29 is 19.4 Å². The number of aliphatic hydroxyl groups excluding tert-OH is 1. The predicted octanol–water partition coefficient (Wildman–Crippen LogP) is 3.77. The maximum absolute atomic E-state index is 12.6. The number of rotatable bonds is 6. The Hall–Kier alpha value is -2.86. The summed E-state index contributed by atoms with van der Waals surface area (Å²) in [6.07, 6.45) is 1.83. The van der Waals surface area contributed by atoms with Crippen molar-refractivity contribution in [1.82, 2.24) is 9.97 Å². The molecule has 1 atom stereocenters. The van der Waals surface area contributed by atoms with Gasteiger partial charge in [-0.1, -0.05) is 25.1 Å². The van der Waals surface area contributed by atoms with Crippen LogP contribution in [0.3, 0.4) is 0 Å². The molecule has 0 bridgehead atoms. The largest absolute Gasteiger partial charge is 0.453 e. The number of carbonyl (C=O) groups excluding carboxylic acids is 2. The van der Waals surface area contributed by atoms with Crippen LogP contribution >= 0.6 is 0 Å². The van der Waals surface area contributed by atoms with E-state index in [1.165, 1.54) is 0 Å². The fourth-order valence-corrected chi connectivity index (χ4v) is 3.62. The number of hydrogen-bond donors (Lipinski definition) is 3. The minimum Gasteiger partial charge on any atom is -0.453 e. The number of carbonyl (C=O) groups is 2. The lowest BCUT2D eigenvalue weighted by Gasteiger charge is -2.06. The first-order valence-corrected chi connectivity index (χ1v) is 9.01. The monoisotopic (exact) mass is 368 g/mol. The van der Waals surface area contributed by atoms with E-state index in [0.29, 0.717) is 22.4 Å². The number of nitrogens with one attached hydrogen (secondary N) is 2. The van der Waals surface area contributed by atoms with Crippen LogP contribution in [-0.4, -0.2) is 33.4 Å². The number of para-hydroxylation sites is 1. The molecule has 2 aromatic heterocycles. The van der Waals surface area contributed by atoms with E-state index in [1.807, 2.05) is 18.2 Å². The van der Waals surface area contributed by atoms with Crippen LogP contribution < -0.4 is 0 Å². The topological polar surface area (TPSA) is 95.2 Å². The molecule has 3 rings (SSSR count). The van der Waals surface area contributed by atoms with Crippen LogP contribution in [0.4, 0.5) is 0 Å². The Bertz CT molecular complexity index is 1010. The summed E-state index contributed by atoms with van der Waals surface area (Å²) < 4.78 is 5.23. The van der Waals surface area contributed by atoms with E-state index < -0.39 is 12.1 Å². The minimum atomic E-state index is -0.691. The molecule has 0 spiro atoms. The number of hydrogen-bond acceptors (Lipinski definition) is 4. The van der Waals surface area contributed by atoms with Crippen LogP contribution in [-0.2, 0) is 11.2 Å². The SMILES string of the molecule is CCc1cccc2c(C(=O)COC(=O)c3[nH]c(C)c([C@H](C)O)c3C)c[nH]c12. The fourth-order valence-electron chi connectivity index (χ4n) is 3.62. The highest BCUT2D eigenvalue weighted by Gasteiger charge is 2.22. The number of esters is 1. The van der Waals surface area contributed by atoms with Gasteiger partial charge in [0.05, 0.1) is 6.10 Å². The lowest BCUT2D eigenvalue weighted by atomic mass is 10.1. The molecule has 6 nitrogen and oxygen atoms in total. The summed E-state index contributed by atoms with van der Waals surface area (Å²) in [7, 11) is 0. The van der Waals surface area contributed by atoms with Gasteiger partial charge in [-0.3, -0.25) is 4.79 Å². The lowest BCUT2D eigenvalue weighted by molar-refractivity contribution is 0.0469. The maximum atomic E-state index is 12.6. The zero-order valence-electron chi connectivity index (χ0n) is 16.0. The Kier molecular flexibility index (Phi) is 5.19. The third-order valence-electron chi connectivity index (χ3n) is 4.93. The van der Waals surface area contributed by atoms with Crippen molar-refractivity contribution in [3.63, 3.8) is 0 Å². The average molecular weight is 368 g/mol. The Morgan fingerprint density at radius 1 is 1.26 bits per heavy atom. The van der Waals surface area contributed by atoms with Crippen LogP contribution in [0.15, 0.2) is 24.4 Å². The van der Waals surface area contributed by atoms with E-state index in [9.17, 15) is 14.7 Å². The van der Waals surface area contributed by atoms with E-state index >= 15 is 0 Å². The molecule has 0 aliphatic heterocycles. The third-order valence-corrected chi connectivity index (χ3v) is 4.93. The number of aromatic amines is 2. The Labute approximate surface area is 157 Å². The molecule has 0 aliphatic carbocycles. The van der Waals surface area contributed by atoms with Gasteiger partial charge in [0.25, 0.3) is 0 Å². The molecule has 6 heteroatoms. The number of ether oxygens (including phenoxy) is 1. The third kappa shape index (κ3) is 3.40. The predicted molar refractivity (Wildman–Crippen MR) is 103 cm³/mol. The zero-order chi connectivity index (χ0) is 19.7. The van der Waals surface area contributed by atoms with Gasteiger partial charge in [0, 0.05) is 33.9 Å². The van der Waals surface area contributed by atoms with Crippen LogP contribution in [0.5, 0.6) is 0 Å². The van der Waals surface area contributed by atoms with Gasteiger partial charge in [0.1, 0.15) is 5.69 Å². The first-order chi connectivity index (χ1) is 12.8. The second-order valence-corrected chi connectivity index (χ2v) is 6.73. The summed E-state index contributed by atoms with van der Waals surface area (Å²) in [6, 6.07) is 5.82. The minimum absolute atomic E-state index is 0.264. The molecule has 0 saturated heterocycles. The number of aliphatic hydroxyl groups is 1. The average Bonchev–Trinajstić information content (AvgIpc) is 3.19. The quantitative estimate of drug-likeness (QED) is 0.456. The molecule has 0 aliphatic rings. The second kappa shape index (κ2) is 7.40. The van der Waals surface area contributed by atoms with Gasteiger partial charge in [-0.25, -0.2) is 4.79 Å². The van der Waals surface area contributed by atoms with Crippen molar-refractivity contribution in [2.45, 2.75) is 40.2 Å². The lowest BCUT2D eigenvalue weighted by Crippen LogP contribution is -2.15. The molecule has 0 fully saturated rings. The smallest absolute Gasteiger partial charge is 0.355 e. The van der Waals surface area contributed by atoms with Gasteiger partial charge in [0.15, 0.2) is 6.61 Å². The number of aryl methyl sites for hydroxylation is 2. The van der Waals surface area contributed by atoms with E-state index in [1.54, 1.807) is 27.0 Å². The molecule has 0 unspecified atom stereocenters.